The van der Waals surface area contributed by atoms with Crippen molar-refractivity contribution in [3.05, 3.63) is 0 Å². The summed E-state index contributed by atoms with van der Waals surface area (Å²) in [5, 5.41) is 10.1. The number of likely N-dealkylation sites (N-methyl/N-ethyl adjacent to an activating group) is 1. The maximum absolute atomic E-state index is 11.7. The van der Waals surface area contributed by atoms with Gasteiger partial charge >= 0.3 is 0 Å². The minimum Gasteiger partial charge on any atom is -0.392 e. The highest BCUT2D eigenvalue weighted by Gasteiger charge is 2.55. The minimum atomic E-state index is -0.226. The van der Waals surface area contributed by atoms with E-state index in [2.05, 4.69) is 4.90 Å². The van der Waals surface area contributed by atoms with Gasteiger partial charge in [0, 0.05) is 32.5 Å². The Balaban J connectivity index is 1.86. The highest BCUT2D eigenvalue weighted by molar-refractivity contribution is 5.77. The Kier molecular flexibility index (Phi) is 4.48. The number of carbonyl (C=O) groups is 1. The summed E-state index contributed by atoms with van der Waals surface area (Å²) in [6.45, 7) is 4.95. The number of aliphatic hydroxyl groups is 1. The van der Waals surface area contributed by atoms with Crippen LogP contribution in [0.25, 0.3) is 0 Å². The van der Waals surface area contributed by atoms with Crippen LogP contribution in [0.15, 0.2) is 0 Å². The Labute approximate surface area is 115 Å². The molecule has 5 nitrogen and oxygen atoms in total. The van der Waals surface area contributed by atoms with Crippen LogP contribution in [0.3, 0.4) is 0 Å². The first kappa shape index (κ1) is 14.8. The molecule has 1 saturated heterocycles. The molecule has 1 spiro atoms. The molecule has 19 heavy (non-hydrogen) atoms. The van der Waals surface area contributed by atoms with Crippen molar-refractivity contribution in [3.63, 3.8) is 0 Å². The van der Waals surface area contributed by atoms with Gasteiger partial charge in [-0.15, -0.1) is 0 Å². The maximum atomic E-state index is 11.7. The average Bonchev–Trinajstić information content (AvgIpc) is 2.39. The van der Waals surface area contributed by atoms with Crippen molar-refractivity contribution in [3.8, 4) is 0 Å². The largest absolute Gasteiger partial charge is 0.392 e. The Morgan fingerprint density at radius 2 is 2.05 bits per heavy atom. The third kappa shape index (κ3) is 2.78. The number of hydrogen-bond acceptors (Lipinski definition) is 4. The molecule has 2 fully saturated rings. The third-order valence-electron chi connectivity index (χ3n) is 4.75. The molecule has 2 rings (SSSR count). The lowest BCUT2D eigenvalue weighted by molar-refractivity contribution is -0.209. The molecule has 2 unspecified atom stereocenters. The molecule has 110 valence electrons. The van der Waals surface area contributed by atoms with Crippen LogP contribution < -0.4 is 0 Å². The fraction of sp³-hybridized carbons (Fsp3) is 0.929. The number of ether oxygens (including phenoxy) is 1. The Morgan fingerprint density at radius 1 is 1.42 bits per heavy atom. The summed E-state index contributed by atoms with van der Waals surface area (Å²) in [7, 11) is 3.57. The summed E-state index contributed by atoms with van der Waals surface area (Å²) in [5.41, 5.74) is -0.0479. The van der Waals surface area contributed by atoms with E-state index in [4.69, 9.17) is 4.74 Å². The van der Waals surface area contributed by atoms with E-state index >= 15 is 0 Å². The molecule has 1 N–H and O–H groups in total. The van der Waals surface area contributed by atoms with E-state index in [0.29, 0.717) is 13.2 Å². The number of amides is 1. The van der Waals surface area contributed by atoms with Gasteiger partial charge in [0.25, 0.3) is 0 Å². The van der Waals surface area contributed by atoms with Crippen LogP contribution in [0.4, 0.5) is 0 Å². The van der Waals surface area contributed by atoms with Gasteiger partial charge in [-0.3, -0.25) is 9.69 Å². The van der Waals surface area contributed by atoms with Gasteiger partial charge in [0.05, 0.1) is 18.8 Å². The van der Waals surface area contributed by atoms with Crippen LogP contribution in [0, 0.1) is 5.41 Å². The molecule has 0 aromatic rings. The zero-order valence-electron chi connectivity index (χ0n) is 12.3. The normalized spacial score (nSPS) is 30.1. The summed E-state index contributed by atoms with van der Waals surface area (Å²) in [5.74, 6) is 0.145. The first-order valence-electron chi connectivity index (χ1n) is 7.22. The molecule has 1 amide bonds. The third-order valence-corrected chi connectivity index (χ3v) is 4.75. The predicted octanol–water partition coefficient (Wildman–Crippen LogP) is 0.327. The van der Waals surface area contributed by atoms with Crippen LogP contribution in [0.5, 0.6) is 0 Å². The molecule has 0 bridgehead atoms. The van der Waals surface area contributed by atoms with Gasteiger partial charge in [0.2, 0.25) is 5.91 Å². The molecule has 0 aromatic heterocycles. The fourth-order valence-corrected chi connectivity index (χ4v) is 3.28. The number of rotatable bonds is 4. The zero-order chi connectivity index (χ0) is 14.0. The van der Waals surface area contributed by atoms with Crippen molar-refractivity contribution in [2.45, 2.75) is 38.4 Å². The van der Waals surface area contributed by atoms with E-state index in [-0.39, 0.29) is 23.5 Å². The number of piperidine rings is 1. The number of carbonyl (C=O) groups excluding carboxylic acids is 1. The van der Waals surface area contributed by atoms with E-state index in [9.17, 15) is 9.90 Å². The lowest BCUT2D eigenvalue weighted by Crippen LogP contribution is -2.62. The average molecular weight is 270 g/mol. The van der Waals surface area contributed by atoms with Gasteiger partial charge in [-0.1, -0.05) is 0 Å². The second-order valence-electron chi connectivity index (χ2n) is 5.99. The Morgan fingerprint density at radius 3 is 2.53 bits per heavy atom. The van der Waals surface area contributed by atoms with Crippen LogP contribution in [0.1, 0.15) is 26.2 Å². The standard InChI is InChI=1S/C14H26N2O3/c1-4-19-12-9-11(17)14(12)5-7-16(8-6-14)10-13(18)15(2)3/h11-12,17H,4-10H2,1-3H3. The quantitative estimate of drug-likeness (QED) is 0.800. The van der Waals surface area contributed by atoms with Crippen molar-refractivity contribution in [2.24, 2.45) is 5.41 Å². The van der Waals surface area contributed by atoms with Crippen molar-refractivity contribution in [2.75, 3.05) is 40.3 Å². The van der Waals surface area contributed by atoms with E-state index in [1.807, 2.05) is 6.92 Å². The second kappa shape index (κ2) is 5.77. The van der Waals surface area contributed by atoms with E-state index in [0.717, 1.165) is 32.4 Å². The fourth-order valence-electron chi connectivity index (χ4n) is 3.28. The van der Waals surface area contributed by atoms with Crippen LogP contribution in [-0.2, 0) is 9.53 Å². The first-order valence-corrected chi connectivity index (χ1v) is 7.22. The van der Waals surface area contributed by atoms with Gasteiger partial charge in [0.1, 0.15) is 0 Å². The summed E-state index contributed by atoms with van der Waals surface area (Å²) in [6, 6.07) is 0. The molecule has 1 aliphatic carbocycles. The SMILES string of the molecule is CCOC1CC(O)C12CCN(CC(=O)N(C)C)CC2. The van der Waals surface area contributed by atoms with E-state index < -0.39 is 0 Å². The van der Waals surface area contributed by atoms with Crippen molar-refractivity contribution < 1.29 is 14.6 Å². The molecule has 2 aliphatic rings. The van der Waals surface area contributed by atoms with Crippen molar-refractivity contribution >= 4 is 5.91 Å². The molecular formula is C14H26N2O3. The molecule has 1 aliphatic heterocycles. The second-order valence-corrected chi connectivity index (χ2v) is 5.99. The Hall–Kier alpha value is -0.650. The highest BCUT2D eigenvalue weighted by atomic mass is 16.5. The number of likely N-dealkylation sites (tertiary alicyclic amines) is 1. The summed E-state index contributed by atoms with van der Waals surface area (Å²) < 4.78 is 5.74. The summed E-state index contributed by atoms with van der Waals surface area (Å²) in [6.07, 6.45) is 2.61. The molecule has 5 heteroatoms. The minimum absolute atomic E-state index is 0.0479. The smallest absolute Gasteiger partial charge is 0.236 e. The van der Waals surface area contributed by atoms with Crippen LogP contribution in [-0.4, -0.2) is 73.4 Å². The summed E-state index contributed by atoms with van der Waals surface area (Å²) >= 11 is 0. The lowest BCUT2D eigenvalue weighted by Gasteiger charge is -2.56. The van der Waals surface area contributed by atoms with Crippen molar-refractivity contribution in [1.29, 1.82) is 0 Å². The molecule has 1 heterocycles. The van der Waals surface area contributed by atoms with Crippen LogP contribution in [0.2, 0.25) is 0 Å². The highest BCUT2D eigenvalue weighted by Crippen LogP contribution is 2.50. The number of nitrogens with zero attached hydrogens (tertiary/aromatic N) is 2. The van der Waals surface area contributed by atoms with Gasteiger partial charge in [0.15, 0.2) is 0 Å². The first-order chi connectivity index (χ1) is 8.99. The molecule has 0 radical (unpaired) electrons. The molecule has 1 saturated carbocycles. The van der Waals surface area contributed by atoms with E-state index in [1.165, 1.54) is 0 Å². The lowest BCUT2D eigenvalue weighted by atomic mass is 9.58. The number of hydrogen-bond donors (Lipinski definition) is 1. The monoisotopic (exact) mass is 270 g/mol. The van der Waals surface area contributed by atoms with Gasteiger partial charge in [-0.2, -0.15) is 0 Å². The Bertz CT molecular complexity index is 323. The van der Waals surface area contributed by atoms with Gasteiger partial charge < -0.3 is 14.7 Å². The molecular weight excluding hydrogens is 244 g/mol. The van der Waals surface area contributed by atoms with Gasteiger partial charge in [-0.05, 0) is 32.9 Å². The van der Waals surface area contributed by atoms with Crippen molar-refractivity contribution in [1.82, 2.24) is 9.80 Å². The number of aliphatic hydroxyl groups excluding tert-OH is 1. The maximum Gasteiger partial charge on any atom is 0.236 e. The van der Waals surface area contributed by atoms with Gasteiger partial charge in [-0.25, -0.2) is 0 Å². The topological polar surface area (TPSA) is 53.0 Å². The molecule has 0 aromatic carbocycles. The van der Waals surface area contributed by atoms with Crippen LogP contribution >= 0.6 is 0 Å². The van der Waals surface area contributed by atoms with E-state index in [1.54, 1.807) is 19.0 Å². The summed E-state index contributed by atoms with van der Waals surface area (Å²) in [4.78, 5) is 15.5. The zero-order valence-corrected chi connectivity index (χ0v) is 12.3. The predicted molar refractivity (Wildman–Crippen MR) is 72.8 cm³/mol. The molecule has 2 atom stereocenters.